The van der Waals surface area contributed by atoms with Crippen molar-refractivity contribution in [3.63, 3.8) is 0 Å². The van der Waals surface area contributed by atoms with Gasteiger partial charge in [-0.05, 0) is 25.0 Å². The van der Waals surface area contributed by atoms with Crippen molar-refractivity contribution in [2.24, 2.45) is 5.92 Å². The molecule has 2 aliphatic rings. The topological polar surface area (TPSA) is 158 Å². The van der Waals surface area contributed by atoms with Crippen molar-refractivity contribution in [1.82, 2.24) is 14.6 Å². The number of rotatable bonds is 12. The molecule has 1 aliphatic carbocycles. The van der Waals surface area contributed by atoms with Crippen LogP contribution in [0.2, 0.25) is 0 Å². The van der Waals surface area contributed by atoms with Crippen molar-refractivity contribution in [1.29, 1.82) is 0 Å². The lowest BCUT2D eigenvalue weighted by Gasteiger charge is -2.30. The maximum absolute atomic E-state index is 15.8. The third-order valence-corrected chi connectivity index (χ3v) is 8.95. The molecule has 7 atom stereocenters. The number of fused-ring (bicyclic) bond motifs is 1. The lowest BCUT2D eigenvalue weighted by atomic mass is 10.1. The van der Waals surface area contributed by atoms with Gasteiger partial charge in [-0.2, -0.15) is 5.09 Å². The van der Waals surface area contributed by atoms with Gasteiger partial charge in [-0.15, -0.1) is 0 Å². The fourth-order valence-corrected chi connectivity index (χ4v) is 6.34. The fourth-order valence-electron chi connectivity index (χ4n) is 4.27. The van der Waals surface area contributed by atoms with Crippen molar-refractivity contribution < 1.29 is 37.4 Å². The number of ether oxygens (including phenoxy) is 2. The fraction of sp³-hybridized carbons (Fsp3) is 0.542. The van der Waals surface area contributed by atoms with E-state index in [4.69, 9.17) is 30.1 Å². The predicted octanol–water partition coefficient (Wildman–Crippen LogP) is 2.61. The summed E-state index contributed by atoms with van der Waals surface area (Å²) in [4.78, 5) is 38.1. The van der Waals surface area contributed by atoms with E-state index in [0.717, 1.165) is 25.1 Å². The number of nitrogens with one attached hydrogen (secondary N) is 2. The highest BCUT2D eigenvalue weighted by molar-refractivity contribution is 7.52. The number of carbonyl (C=O) groups excluding carboxylic acids is 1. The molecule has 0 amide bonds. The Labute approximate surface area is 228 Å². The van der Waals surface area contributed by atoms with Gasteiger partial charge in [-0.1, -0.05) is 56.5 Å². The Balaban J connectivity index is 1.53. The molecule has 1 saturated heterocycles. The van der Waals surface area contributed by atoms with Crippen LogP contribution in [0.15, 0.2) is 52.2 Å². The zero-order valence-electron chi connectivity index (χ0n) is 21.4. The first kappa shape index (κ1) is 29.4. The number of hydrogen-bond acceptors (Lipinski definition) is 9. The number of benzene rings is 1. The van der Waals surface area contributed by atoms with Gasteiger partial charge in [0.25, 0.3) is 10.7 Å². The van der Waals surface area contributed by atoms with Gasteiger partial charge >= 0.3 is 19.4 Å². The predicted molar refractivity (Wildman–Crippen MR) is 137 cm³/mol. The number of alkyl halides is 2. The molecule has 2 fully saturated rings. The highest BCUT2D eigenvalue weighted by Crippen LogP contribution is 2.67. The lowest BCUT2D eigenvalue weighted by molar-refractivity contribution is -0.146. The maximum Gasteiger partial charge on any atom is 0.459 e. The summed E-state index contributed by atoms with van der Waals surface area (Å²) in [6.07, 6.45) is -2.32. The zero-order valence-corrected chi connectivity index (χ0v) is 23.1. The standard InChI is InChI=1S/C24H30ClFN3O9P/c1-4-15(5-2)13-35-20(31)14(3)28-39(34,37-16-9-7-6-8-10-16)38-19-18-23(19,33)24(25,26)21(36-18)29-12-11-17(30)27-22(29)32/h6-12,14-15,18-19,21,33H,4-5,13H2,1-3H3,(H,28,34)(H,27,30,32)/t14-,18+,19?,21+,23-,24-,39?/m0/s1. The molecule has 0 radical (unpaired) electrons. The number of aromatic amines is 1. The first-order valence-electron chi connectivity index (χ1n) is 12.4. The van der Waals surface area contributed by atoms with E-state index in [2.05, 4.69) is 5.09 Å². The minimum atomic E-state index is -4.50. The zero-order chi connectivity index (χ0) is 28.6. The maximum atomic E-state index is 15.8. The molecule has 1 aromatic carbocycles. The molecule has 2 unspecified atom stereocenters. The van der Waals surface area contributed by atoms with E-state index in [1.807, 2.05) is 18.8 Å². The van der Waals surface area contributed by atoms with Crippen LogP contribution < -0.4 is 20.9 Å². The van der Waals surface area contributed by atoms with Gasteiger partial charge in [0.2, 0.25) is 0 Å². The van der Waals surface area contributed by atoms with Crippen molar-refractivity contribution in [3.8, 4) is 5.75 Å². The van der Waals surface area contributed by atoms with Gasteiger partial charge in [0.15, 0.2) is 11.8 Å². The number of hydrogen-bond donors (Lipinski definition) is 3. The number of carbonyl (C=O) groups is 1. The summed E-state index contributed by atoms with van der Waals surface area (Å²) >= 11 is 6.05. The van der Waals surface area contributed by atoms with Crippen LogP contribution in [0.25, 0.3) is 0 Å². The second-order valence-electron chi connectivity index (χ2n) is 9.47. The molecular weight excluding hydrogens is 560 g/mol. The Morgan fingerprint density at radius 1 is 1.28 bits per heavy atom. The molecule has 39 heavy (non-hydrogen) atoms. The average Bonchev–Trinajstić information content (AvgIpc) is 3.37. The smallest absolute Gasteiger partial charge is 0.459 e. The highest BCUT2D eigenvalue weighted by Gasteiger charge is 2.87. The van der Waals surface area contributed by atoms with Gasteiger partial charge in [0, 0.05) is 12.3 Å². The van der Waals surface area contributed by atoms with Crippen LogP contribution in [0.1, 0.15) is 39.8 Å². The van der Waals surface area contributed by atoms with Gasteiger partial charge in [-0.3, -0.25) is 23.7 Å². The summed E-state index contributed by atoms with van der Waals surface area (Å²) in [7, 11) is -4.50. The Hall–Kier alpha value is -2.54. The Morgan fingerprint density at radius 3 is 2.51 bits per heavy atom. The number of esters is 1. The summed E-state index contributed by atoms with van der Waals surface area (Å²) in [5.74, 6) is -0.464. The number of nitrogens with zero attached hydrogens (tertiary/aromatic N) is 1. The van der Waals surface area contributed by atoms with Crippen LogP contribution in [-0.2, 0) is 23.4 Å². The lowest BCUT2D eigenvalue weighted by Crippen LogP contribution is -2.47. The first-order chi connectivity index (χ1) is 18.4. The quantitative estimate of drug-likeness (QED) is 0.191. The molecule has 214 valence electrons. The summed E-state index contributed by atoms with van der Waals surface area (Å²) in [5, 5.41) is 10.4. The number of aromatic nitrogens is 2. The second kappa shape index (κ2) is 11.1. The van der Waals surface area contributed by atoms with Crippen molar-refractivity contribution in [3.05, 3.63) is 63.4 Å². The van der Waals surface area contributed by atoms with Crippen LogP contribution in [0.4, 0.5) is 4.39 Å². The Morgan fingerprint density at radius 2 is 1.95 bits per heavy atom. The van der Waals surface area contributed by atoms with E-state index in [1.54, 1.807) is 18.2 Å². The van der Waals surface area contributed by atoms with Gasteiger partial charge < -0.3 is 19.1 Å². The van der Waals surface area contributed by atoms with Crippen molar-refractivity contribution >= 4 is 25.3 Å². The summed E-state index contributed by atoms with van der Waals surface area (Å²) < 4.78 is 52.2. The van der Waals surface area contributed by atoms with Crippen LogP contribution in [0.5, 0.6) is 5.75 Å². The van der Waals surface area contributed by atoms with Gasteiger partial charge in [-0.25, -0.2) is 13.8 Å². The molecule has 1 aliphatic heterocycles. The molecule has 0 spiro atoms. The molecule has 0 bridgehead atoms. The number of H-pyrrole nitrogens is 1. The monoisotopic (exact) mass is 589 g/mol. The number of aliphatic hydroxyl groups is 1. The van der Waals surface area contributed by atoms with E-state index in [9.17, 15) is 24.1 Å². The van der Waals surface area contributed by atoms with E-state index in [0.29, 0.717) is 4.57 Å². The molecule has 4 rings (SSSR count). The second-order valence-corrected chi connectivity index (χ2v) is 11.7. The number of para-hydroxylation sites is 1. The molecule has 3 N–H and O–H groups in total. The average molecular weight is 590 g/mol. The summed E-state index contributed by atoms with van der Waals surface area (Å²) in [6, 6.07) is 7.63. The number of halogens is 2. The Bertz CT molecular complexity index is 1350. The van der Waals surface area contributed by atoms with Crippen LogP contribution in [-0.4, -0.2) is 56.2 Å². The van der Waals surface area contributed by atoms with Crippen LogP contribution in [0.3, 0.4) is 0 Å². The SMILES string of the molecule is CCC(CC)COC(=O)[C@H](C)NP(=O)(Oc1ccccc1)OC1[C@H]2O[C@@H](n3ccc(=O)[nH]c3=O)[C@@](F)(Cl)[C@@]12O. The molecule has 15 heteroatoms. The van der Waals surface area contributed by atoms with Gasteiger partial charge in [0.05, 0.1) is 6.61 Å². The van der Waals surface area contributed by atoms with E-state index in [1.165, 1.54) is 19.1 Å². The van der Waals surface area contributed by atoms with Gasteiger partial charge in [0.1, 0.15) is 24.0 Å². The van der Waals surface area contributed by atoms with E-state index in [-0.39, 0.29) is 18.3 Å². The third kappa shape index (κ3) is 5.70. The highest BCUT2D eigenvalue weighted by atomic mass is 35.5. The summed E-state index contributed by atoms with van der Waals surface area (Å²) in [5.41, 5.74) is -4.29. The molecule has 2 heterocycles. The summed E-state index contributed by atoms with van der Waals surface area (Å²) in [6.45, 7) is 5.50. The largest absolute Gasteiger partial charge is 0.464 e. The first-order valence-corrected chi connectivity index (χ1v) is 14.3. The molecule has 2 aromatic rings. The van der Waals surface area contributed by atoms with Crippen molar-refractivity contribution in [2.75, 3.05) is 6.61 Å². The minimum absolute atomic E-state index is 0.0969. The Kier molecular flexibility index (Phi) is 8.42. The third-order valence-electron chi connectivity index (χ3n) is 6.80. The van der Waals surface area contributed by atoms with Crippen LogP contribution >= 0.6 is 19.3 Å². The molecule has 12 nitrogen and oxygen atoms in total. The molecular formula is C24H30ClFN3O9P. The van der Waals surface area contributed by atoms with E-state index < -0.39 is 60.2 Å². The molecule has 1 aromatic heterocycles. The van der Waals surface area contributed by atoms with Crippen LogP contribution in [0, 0.1) is 5.92 Å². The minimum Gasteiger partial charge on any atom is -0.464 e. The van der Waals surface area contributed by atoms with E-state index >= 15 is 4.39 Å². The normalized spacial score (nSPS) is 29.9. The van der Waals surface area contributed by atoms with Crippen molar-refractivity contribution in [2.45, 2.75) is 68.8 Å². The molecule has 1 saturated carbocycles.